The quantitative estimate of drug-likeness (QED) is 0.666. The van der Waals surface area contributed by atoms with E-state index in [1.807, 2.05) is 39.0 Å². The Hall–Kier alpha value is -1.61. The van der Waals surface area contributed by atoms with E-state index >= 15 is 0 Å². The molecule has 0 saturated carbocycles. The Morgan fingerprint density at radius 1 is 0.947 bits per heavy atom. The van der Waals surface area contributed by atoms with Gasteiger partial charge in [-0.1, -0.05) is 22.0 Å². The van der Waals surface area contributed by atoms with Gasteiger partial charge in [0.25, 0.3) is 0 Å². The molecule has 2 aromatic rings. The zero-order valence-corrected chi connectivity index (χ0v) is 12.8. The summed E-state index contributed by atoms with van der Waals surface area (Å²) >= 11 is 3.35. The van der Waals surface area contributed by atoms with Crippen molar-refractivity contribution < 1.29 is 4.79 Å². The number of anilines is 1. The molecule has 0 bridgehead atoms. The Morgan fingerprint density at radius 2 is 1.58 bits per heavy atom. The lowest BCUT2D eigenvalue weighted by Gasteiger charge is -2.10. The van der Waals surface area contributed by atoms with Crippen LogP contribution >= 0.6 is 15.9 Å². The van der Waals surface area contributed by atoms with E-state index in [-0.39, 0.29) is 5.78 Å². The Balaban J connectivity index is 2.53. The molecule has 0 unspecified atom stereocenters. The number of nitrogens with two attached hydrogens (primary N) is 1. The highest BCUT2D eigenvalue weighted by molar-refractivity contribution is 9.10. The van der Waals surface area contributed by atoms with Gasteiger partial charge >= 0.3 is 0 Å². The molecule has 2 nitrogen and oxygen atoms in total. The van der Waals surface area contributed by atoms with Crippen LogP contribution < -0.4 is 5.73 Å². The van der Waals surface area contributed by atoms with Gasteiger partial charge in [0.05, 0.1) is 0 Å². The first-order valence-electron chi connectivity index (χ1n) is 6.07. The number of nitrogen functional groups attached to an aromatic ring is 1. The van der Waals surface area contributed by atoms with Crippen molar-refractivity contribution in [2.24, 2.45) is 0 Å². The average molecular weight is 318 g/mol. The van der Waals surface area contributed by atoms with Crippen LogP contribution in [0.25, 0.3) is 0 Å². The van der Waals surface area contributed by atoms with Gasteiger partial charge in [-0.25, -0.2) is 0 Å². The molecule has 2 N–H and O–H groups in total. The summed E-state index contributed by atoms with van der Waals surface area (Å²) in [7, 11) is 0. The smallest absolute Gasteiger partial charge is 0.195 e. The van der Waals surface area contributed by atoms with Gasteiger partial charge < -0.3 is 5.73 Å². The number of halogens is 1. The van der Waals surface area contributed by atoms with Gasteiger partial charge in [0, 0.05) is 21.3 Å². The second-order valence-electron chi connectivity index (χ2n) is 4.81. The lowest BCUT2D eigenvalue weighted by Crippen LogP contribution is -2.08. The van der Waals surface area contributed by atoms with Gasteiger partial charge in [-0.3, -0.25) is 4.79 Å². The van der Waals surface area contributed by atoms with Crippen molar-refractivity contribution >= 4 is 27.4 Å². The van der Waals surface area contributed by atoms with E-state index in [0.29, 0.717) is 11.3 Å². The lowest BCUT2D eigenvalue weighted by molar-refractivity contribution is 0.103. The maximum Gasteiger partial charge on any atom is 0.195 e. The summed E-state index contributed by atoms with van der Waals surface area (Å²) < 4.78 is 0.873. The second kappa shape index (κ2) is 5.17. The molecule has 98 valence electrons. The van der Waals surface area contributed by atoms with Crippen LogP contribution in [0.4, 0.5) is 5.69 Å². The molecule has 0 spiro atoms. The van der Waals surface area contributed by atoms with Gasteiger partial charge in [0.15, 0.2) is 5.78 Å². The zero-order valence-electron chi connectivity index (χ0n) is 11.3. The average Bonchev–Trinajstić information content (AvgIpc) is 2.33. The number of aryl methyl sites for hydroxylation is 3. The van der Waals surface area contributed by atoms with E-state index < -0.39 is 0 Å². The van der Waals surface area contributed by atoms with E-state index in [4.69, 9.17) is 5.73 Å². The molecule has 19 heavy (non-hydrogen) atoms. The number of benzene rings is 2. The number of ketones is 1. The molecule has 0 aliphatic heterocycles. The van der Waals surface area contributed by atoms with Crippen molar-refractivity contribution in [2.45, 2.75) is 20.8 Å². The van der Waals surface area contributed by atoms with Crippen LogP contribution in [0.15, 0.2) is 34.8 Å². The summed E-state index contributed by atoms with van der Waals surface area (Å²) in [6.45, 7) is 6.01. The topological polar surface area (TPSA) is 43.1 Å². The summed E-state index contributed by atoms with van der Waals surface area (Å²) in [4.78, 5) is 12.6. The minimum Gasteiger partial charge on any atom is -0.398 e. The number of carbonyl (C=O) groups excluding carboxylic acids is 1. The Bertz CT molecular complexity index is 662. The fourth-order valence-corrected chi connectivity index (χ4v) is 2.47. The summed E-state index contributed by atoms with van der Waals surface area (Å²) in [5, 5.41) is 0. The maximum absolute atomic E-state index is 12.6. The third kappa shape index (κ3) is 2.71. The van der Waals surface area contributed by atoms with Gasteiger partial charge in [-0.2, -0.15) is 0 Å². The number of hydrogen-bond donors (Lipinski definition) is 1. The van der Waals surface area contributed by atoms with Crippen LogP contribution in [0.2, 0.25) is 0 Å². The summed E-state index contributed by atoms with van der Waals surface area (Å²) in [6, 6.07) is 9.33. The Morgan fingerprint density at radius 3 is 2.21 bits per heavy atom. The molecule has 0 aromatic heterocycles. The van der Waals surface area contributed by atoms with Crippen molar-refractivity contribution in [1.29, 1.82) is 0 Å². The first kappa shape index (κ1) is 13.8. The molecule has 0 radical (unpaired) electrons. The fourth-order valence-electron chi connectivity index (χ4n) is 2.09. The van der Waals surface area contributed by atoms with Crippen molar-refractivity contribution in [2.75, 3.05) is 5.73 Å². The minimum absolute atomic E-state index is 0.0226. The molecule has 0 aliphatic carbocycles. The van der Waals surface area contributed by atoms with Gasteiger partial charge in [0.2, 0.25) is 0 Å². The molecule has 0 atom stereocenters. The molecule has 2 aromatic carbocycles. The largest absolute Gasteiger partial charge is 0.398 e. The monoisotopic (exact) mass is 317 g/mol. The maximum atomic E-state index is 12.6. The van der Waals surface area contributed by atoms with Crippen LogP contribution in [0.1, 0.15) is 32.6 Å². The first-order valence-corrected chi connectivity index (χ1v) is 6.87. The molecule has 2 rings (SSSR count). The fraction of sp³-hybridized carbons (Fsp3) is 0.188. The number of rotatable bonds is 2. The highest BCUT2D eigenvalue weighted by atomic mass is 79.9. The third-order valence-electron chi connectivity index (χ3n) is 3.34. The third-order valence-corrected chi connectivity index (χ3v) is 3.84. The zero-order chi connectivity index (χ0) is 14.2. The van der Waals surface area contributed by atoms with Crippen molar-refractivity contribution in [3.63, 3.8) is 0 Å². The molecular formula is C16H16BrNO. The van der Waals surface area contributed by atoms with E-state index in [1.54, 1.807) is 12.1 Å². The number of carbonyl (C=O) groups is 1. The molecule has 0 saturated heterocycles. The molecule has 0 amide bonds. The first-order chi connectivity index (χ1) is 8.90. The van der Waals surface area contributed by atoms with E-state index in [1.165, 1.54) is 5.56 Å². The molecular weight excluding hydrogens is 302 g/mol. The highest BCUT2D eigenvalue weighted by Crippen LogP contribution is 2.24. The Labute approximate surface area is 121 Å². The molecule has 0 heterocycles. The van der Waals surface area contributed by atoms with Crippen LogP contribution in [0, 0.1) is 20.8 Å². The molecule has 0 aliphatic rings. The SMILES string of the molecule is Cc1cc(C)c(C(=O)c2ccc(Br)cc2N)cc1C. The van der Waals surface area contributed by atoms with Gasteiger partial charge in [0.1, 0.15) is 0 Å². The Kier molecular flexibility index (Phi) is 3.76. The van der Waals surface area contributed by atoms with Crippen LogP contribution in [0.3, 0.4) is 0 Å². The van der Waals surface area contributed by atoms with Crippen LogP contribution in [-0.2, 0) is 0 Å². The number of hydrogen-bond acceptors (Lipinski definition) is 2. The van der Waals surface area contributed by atoms with Gasteiger partial charge in [-0.05, 0) is 61.7 Å². The minimum atomic E-state index is -0.0226. The predicted molar refractivity (Wildman–Crippen MR) is 82.6 cm³/mol. The summed E-state index contributed by atoms with van der Waals surface area (Å²) in [5.74, 6) is -0.0226. The molecule has 3 heteroatoms. The summed E-state index contributed by atoms with van der Waals surface area (Å²) in [6.07, 6.45) is 0. The predicted octanol–water partition coefficient (Wildman–Crippen LogP) is 4.19. The van der Waals surface area contributed by atoms with E-state index in [0.717, 1.165) is 21.2 Å². The standard InChI is InChI=1S/C16H16BrNO/c1-9-6-11(3)14(7-10(9)2)16(19)13-5-4-12(17)8-15(13)18/h4-8H,18H2,1-3H3. The second-order valence-corrected chi connectivity index (χ2v) is 5.73. The molecule has 0 fully saturated rings. The normalized spacial score (nSPS) is 10.5. The van der Waals surface area contributed by atoms with Crippen molar-refractivity contribution in [3.05, 3.63) is 62.6 Å². The van der Waals surface area contributed by atoms with Crippen molar-refractivity contribution in [3.8, 4) is 0 Å². The van der Waals surface area contributed by atoms with Crippen LogP contribution in [-0.4, -0.2) is 5.78 Å². The van der Waals surface area contributed by atoms with E-state index in [9.17, 15) is 4.79 Å². The lowest BCUT2D eigenvalue weighted by atomic mass is 9.94. The van der Waals surface area contributed by atoms with Gasteiger partial charge in [-0.15, -0.1) is 0 Å². The van der Waals surface area contributed by atoms with E-state index in [2.05, 4.69) is 15.9 Å². The van der Waals surface area contributed by atoms with Crippen molar-refractivity contribution in [1.82, 2.24) is 0 Å². The summed E-state index contributed by atoms with van der Waals surface area (Å²) in [5.41, 5.74) is 11.0. The van der Waals surface area contributed by atoms with Crippen LogP contribution in [0.5, 0.6) is 0 Å². The highest BCUT2D eigenvalue weighted by Gasteiger charge is 2.15.